The predicted molar refractivity (Wildman–Crippen MR) is 178 cm³/mol. The van der Waals surface area contributed by atoms with E-state index in [2.05, 4.69) is 28.7 Å². The molecule has 0 radical (unpaired) electrons. The largest absolute Gasteiger partial charge is 0.493 e. The molecule has 0 amide bonds. The molecule has 0 aromatic heterocycles. The summed E-state index contributed by atoms with van der Waals surface area (Å²) >= 11 is 0. The highest BCUT2D eigenvalue weighted by Gasteiger charge is 2.39. The molecule has 9 nitrogen and oxygen atoms in total. The number of nitrogens with one attached hydrogen (secondary N) is 1. The molecule has 4 atom stereocenters. The van der Waals surface area contributed by atoms with Crippen LogP contribution in [0, 0.1) is 5.92 Å². The minimum absolute atomic E-state index is 0.0172. The Morgan fingerprint density at radius 2 is 1.49 bits per heavy atom. The number of nitrogens with zero attached hydrogens (tertiary/aromatic N) is 1. The van der Waals surface area contributed by atoms with Crippen molar-refractivity contribution >= 4 is 10.0 Å². The second kappa shape index (κ2) is 14.6. The van der Waals surface area contributed by atoms with Gasteiger partial charge in [0.2, 0.25) is 10.0 Å². The molecule has 0 aliphatic carbocycles. The molecule has 248 valence electrons. The summed E-state index contributed by atoms with van der Waals surface area (Å²) in [6.45, 7) is 4.70. The lowest BCUT2D eigenvalue weighted by molar-refractivity contribution is -0.276. The van der Waals surface area contributed by atoms with Crippen LogP contribution in [0.5, 0.6) is 11.5 Å². The zero-order chi connectivity index (χ0) is 33.0. The van der Waals surface area contributed by atoms with E-state index in [9.17, 15) is 13.5 Å². The van der Waals surface area contributed by atoms with Gasteiger partial charge in [-0.3, -0.25) is 4.90 Å². The van der Waals surface area contributed by atoms with E-state index < -0.39 is 16.3 Å². The van der Waals surface area contributed by atoms with Crippen molar-refractivity contribution in [2.24, 2.45) is 5.92 Å². The van der Waals surface area contributed by atoms with Gasteiger partial charge in [-0.25, -0.2) is 13.1 Å². The molecule has 2 aliphatic heterocycles. The Morgan fingerprint density at radius 3 is 2.15 bits per heavy atom. The molecule has 10 heteroatoms. The number of methoxy groups -OCH3 is 2. The smallest absolute Gasteiger partial charge is 0.240 e. The quantitative estimate of drug-likeness (QED) is 0.217. The van der Waals surface area contributed by atoms with Gasteiger partial charge in [0.1, 0.15) is 0 Å². The lowest BCUT2D eigenvalue weighted by Gasteiger charge is -2.43. The summed E-state index contributed by atoms with van der Waals surface area (Å²) in [6.07, 6.45) is -0.0750. The molecular formula is C37H42N2O7S. The van der Waals surface area contributed by atoms with Crippen LogP contribution in [-0.4, -0.2) is 51.8 Å². The highest BCUT2D eigenvalue weighted by molar-refractivity contribution is 7.89. The number of sulfonamides is 1. The van der Waals surface area contributed by atoms with Crippen molar-refractivity contribution in [3.05, 3.63) is 124 Å². The first-order chi connectivity index (χ1) is 22.8. The Kier molecular flexibility index (Phi) is 10.3. The van der Waals surface area contributed by atoms with Crippen LogP contribution < -0.4 is 14.2 Å². The van der Waals surface area contributed by atoms with E-state index in [0.717, 1.165) is 59.8 Å². The van der Waals surface area contributed by atoms with Crippen molar-refractivity contribution in [1.29, 1.82) is 0 Å². The number of benzene rings is 4. The fraction of sp³-hybridized carbons (Fsp3) is 0.351. The lowest BCUT2D eigenvalue weighted by atomic mass is 9.89. The van der Waals surface area contributed by atoms with Crippen LogP contribution in [0.4, 0.5) is 0 Å². The van der Waals surface area contributed by atoms with Gasteiger partial charge in [-0.15, -0.1) is 0 Å². The zero-order valence-corrected chi connectivity index (χ0v) is 27.8. The molecule has 6 rings (SSSR count). The first-order valence-electron chi connectivity index (χ1n) is 15.9. The van der Waals surface area contributed by atoms with Crippen LogP contribution in [0.1, 0.15) is 52.7 Å². The summed E-state index contributed by atoms with van der Waals surface area (Å²) in [5.74, 6) is 1.52. The first-order valence-corrected chi connectivity index (χ1v) is 17.4. The third kappa shape index (κ3) is 7.54. The number of fused-ring (bicyclic) bond motifs is 1. The predicted octanol–water partition coefficient (Wildman–Crippen LogP) is 5.52. The van der Waals surface area contributed by atoms with Crippen molar-refractivity contribution in [3.8, 4) is 11.5 Å². The van der Waals surface area contributed by atoms with Gasteiger partial charge in [-0.2, -0.15) is 0 Å². The van der Waals surface area contributed by atoms with Crippen LogP contribution in [0.25, 0.3) is 0 Å². The number of hydrogen-bond acceptors (Lipinski definition) is 8. The number of rotatable bonds is 11. The molecule has 4 aromatic rings. The van der Waals surface area contributed by atoms with Crippen LogP contribution in [0.2, 0.25) is 0 Å². The summed E-state index contributed by atoms with van der Waals surface area (Å²) in [7, 11) is -0.300. The van der Waals surface area contributed by atoms with Gasteiger partial charge < -0.3 is 24.1 Å². The number of aliphatic hydroxyl groups is 1. The fourth-order valence-corrected chi connectivity index (χ4v) is 7.37. The third-order valence-corrected chi connectivity index (χ3v) is 10.5. The van der Waals surface area contributed by atoms with Gasteiger partial charge >= 0.3 is 0 Å². The summed E-state index contributed by atoms with van der Waals surface area (Å²) in [6, 6.07) is 28.1. The van der Waals surface area contributed by atoms with Gasteiger partial charge in [0, 0.05) is 37.7 Å². The number of hydrogen-bond donors (Lipinski definition) is 2. The third-order valence-electron chi connectivity index (χ3n) is 9.13. The van der Waals surface area contributed by atoms with Crippen molar-refractivity contribution < 1.29 is 32.5 Å². The second-order valence-corrected chi connectivity index (χ2v) is 13.9. The van der Waals surface area contributed by atoms with E-state index in [4.69, 9.17) is 18.9 Å². The summed E-state index contributed by atoms with van der Waals surface area (Å²) < 4.78 is 52.5. The lowest BCUT2D eigenvalue weighted by Crippen LogP contribution is -2.45. The monoisotopic (exact) mass is 658 g/mol. The number of aliphatic hydroxyl groups excluding tert-OH is 1. The maximum Gasteiger partial charge on any atom is 0.240 e. The van der Waals surface area contributed by atoms with Crippen molar-refractivity contribution in [2.75, 3.05) is 27.3 Å². The Hall–Kier alpha value is -3.77. The molecule has 1 saturated heterocycles. The van der Waals surface area contributed by atoms with E-state index in [-0.39, 0.29) is 36.2 Å². The molecule has 2 heterocycles. The molecular weight excluding hydrogens is 616 g/mol. The van der Waals surface area contributed by atoms with Crippen LogP contribution >= 0.6 is 0 Å². The van der Waals surface area contributed by atoms with E-state index in [0.29, 0.717) is 0 Å². The summed E-state index contributed by atoms with van der Waals surface area (Å²) in [4.78, 5) is 2.65. The Labute approximate surface area is 277 Å². The Balaban J connectivity index is 1.20. The maximum atomic E-state index is 12.7. The van der Waals surface area contributed by atoms with Crippen LogP contribution in [-0.2, 0) is 45.6 Å². The van der Waals surface area contributed by atoms with E-state index in [1.165, 1.54) is 11.1 Å². The highest BCUT2D eigenvalue weighted by Crippen LogP contribution is 2.42. The molecule has 47 heavy (non-hydrogen) atoms. The second-order valence-electron chi connectivity index (χ2n) is 12.2. The summed E-state index contributed by atoms with van der Waals surface area (Å²) in [5, 5.41) is 9.59. The molecule has 0 bridgehead atoms. The Morgan fingerprint density at radius 1 is 0.851 bits per heavy atom. The minimum atomic E-state index is -3.62. The minimum Gasteiger partial charge on any atom is -0.493 e. The molecule has 0 spiro atoms. The molecule has 2 aliphatic rings. The van der Waals surface area contributed by atoms with Crippen molar-refractivity contribution in [1.82, 2.24) is 9.62 Å². The highest BCUT2D eigenvalue weighted by atomic mass is 32.2. The standard InChI is InChI=1S/C37H42N2O7S/c1-25-35(23-39-18-17-30-19-33(43-2)34(44-3)20-31(30)22-39)45-37(46-36(25)28-13-11-27(24-40)12-14-28)29-15-9-26(10-16-29)21-38-47(41,42)32-7-5-4-6-8-32/h4-16,19-20,25,35-38,40H,17-18,21-24H2,1-3H3/t25-,35+,36+,37?/m0/s1. The van der Waals surface area contributed by atoms with Gasteiger partial charge in [-0.05, 0) is 58.5 Å². The van der Waals surface area contributed by atoms with Crippen molar-refractivity contribution in [3.63, 3.8) is 0 Å². The Bertz CT molecular complexity index is 1750. The number of ether oxygens (including phenoxy) is 4. The van der Waals surface area contributed by atoms with Gasteiger partial charge in [0.15, 0.2) is 17.8 Å². The van der Waals surface area contributed by atoms with Gasteiger partial charge in [0.25, 0.3) is 0 Å². The average molecular weight is 659 g/mol. The molecule has 1 fully saturated rings. The topological polar surface area (TPSA) is 107 Å². The van der Waals surface area contributed by atoms with Gasteiger partial charge in [-0.1, -0.05) is 73.7 Å². The van der Waals surface area contributed by atoms with Gasteiger partial charge in [0.05, 0.1) is 37.9 Å². The maximum absolute atomic E-state index is 12.7. The molecule has 2 N–H and O–H groups in total. The average Bonchev–Trinajstić information content (AvgIpc) is 3.11. The first kappa shape index (κ1) is 33.1. The summed E-state index contributed by atoms with van der Waals surface area (Å²) in [5.41, 5.74) is 6.05. The zero-order valence-electron chi connectivity index (χ0n) is 27.0. The van der Waals surface area contributed by atoms with E-state index in [1.807, 2.05) is 48.5 Å². The molecule has 0 saturated carbocycles. The molecule has 4 aromatic carbocycles. The normalized spacial score (nSPS) is 21.6. The van der Waals surface area contributed by atoms with Crippen LogP contribution in [0.3, 0.4) is 0 Å². The van der Waals surface area contributed by atoms with E-state index >= 15 is 0 Å². The van der Waals surface area contributed by atoms with E-state index in [1.54, 1.807) is 44.6 Å². The SMILES string of the molecule is COc1cc2c(cc1OC)CN(C[C@H]1OC(c3ccc(CNS(=O)(=O)c4ccccc4)cc3)O[C@@H](c3ccc(CO)cc3)[C@H]1C)CC2. The fourth-order valence-electron chi connectivity index (χ4n) is 6.33. The van der Waals surface area contributed by atoms with Crippen molar-refractivity contribution in [2.45, 2.75) is 56.4 Å². The molecule has 1 unspecified atom stereocenters. The van der Waals surface area contributed by atoms with Crippen LogP contribution in [0.15, 0.2) is 95.9 Å².